The molecule has 2 aromatic rings. The summed E-state index contributed by atoms with van der Waals surface area (Å²) in [4.78, 5) is 7.24. The third kappa shape index (κ3) is 7.90. The van der Waals surface area contributed by atoms with Crippen molar-refractivity contribution in [2.45, 2.75) is 37.8 Å². The first-order chi connectivity index (χ1) is 15.1. The minimum atomic E-state index is -1.07. The van der Waals surface area contributed by atoms with Gasteiger partial charge in [-0.05, 0) is 30.9 Å². The molecule has 0 bridgehead atoms. The zero-order valence-electron chi connectivity index (χ0n) is 19.0. The van der Waals surface area contributed by atoms with Crippen LogP contribution in [0.1, 0.15) is 30.9 Å². The fourth-order valence-corrected chi connectivity index (χ4v) is 4.10. The molecule has 1 aliphatic heterocycles. The second-order valence-corrected chi connectivity index (χ2v) is 8.26. The first-order valence-corrected chi connectivity index (χ1v) is 11.3. The standard InChI is InChI=1S/C26H36N4O.HI/c1-3-17-30-18-15-24(16-19-30)29-25(27-4-2)28-21-26(31,23-13-9-6-10-14-23)20-22-11-7-5-8-12-22;/h3,5-14,24,31H,1,4,15-21H2,2H3,(H2,27,28,29);1H. The van der Waals surface area contributed by atoms with Gasteiger partial charge < -0.3 is 15.7 Å². The zero-order chi connectivity index (χ0) is 21.9. The molecule has 0 aliphatic carbocycles. The molecule has 2 aromatic carbocycles. The van der Waals surface area contributed by atoms with Crippen LogP contribution in [0.3, 0.4) is 0 Å². The Morgan fingerprint density at radius 1 is 1.12 bits per heavy atom. The Bertz CT molecular complexity index is 822. The van der Waals surface area contributed by atoms with E-state index in [1.165, 1.54) is 0 Å². The second-order valence-electron chi connectivity index (χ2n) is 8.26. The van der Waals surface area contributed by atoms with E-state index in [2.05, 4.69) is 41.2 Å². The van der Waals surface area contributed by atoms with Gasteiger partial charge in [0, 0.05) is 38.6 Å². The maximum Gasteiger partial charge on any atom is 0.191 e. The number of nitrogens with zero attached hydrogens (tertiary/aromatic N) is 2. The largest absolute Gasteiger partial charge is 0.383 e. The summed E-state index contributed by atoms with van der Waals surface area (Å²) in [5.74, 6) is 0.770. The van der Waals surface area contributed by atoms with Crippen LogP contribution in [0.25, 0.3) is 0 Å². The molecular weight excluding hydrogens is 511 g/mol. The summed E-state index contributed by atoms with van der Waals surface area (Å²) in [6.07, 6.45) is 4.63. The van der Waals surface area contributed by atoms with Gasteiger partial charge >= 0.3 is 0 Å². The van der Waals surface area contributed by atoms with Gasteiger partial charge in [0.05, 0.1) is 6.54 Å². The number of nitrogens with one attached hydrogen (secondary N) is 2. The number of rotatable bonds is 9. The number of halogens is 1. The normalized spacial score (nSPS) is 17.1. The van der Waals surface area contributed by atoms with Crippen LogP contribution in [0.2, 0.25) is 0 Å². The lowest BCUT2D eigenvalue weighted by molar-refractivity contribution is 0.0466. The predicted octanol–water partition coefficient (Wildman–Crippen LogP) is 3.94. The van der Waals surface area contributed by atoms with Crippen molar-refractivity contribution in [1.82, 2.24) is 15.5 Å². The van der Waals surface area contributed by atoms with Crippen molar-refractivity contribution >= 4 is 29.9 Å². The molecule has 32 heavy (non-hydrogen) atoms. The third-order valence-corrected chi connectivity index (χ3v) is 5.81. The van der Waals surface area contributed by atoms with E-state index in [1.807, 2.05) is 54.6 Å². The van der Waals surface area contributed by atoms with Crippen LogP contribution >= 0.6 is 24.0 Å². The van der Waals surface area contributed by atoms with Gasteiger partial charge in [0.1, 0.15) is 5.60 Å². The number of hydrogen-bond acceptors (Lipinski definition) is 3. The number of piperidine rings is 1. The molecule has 0 aromatic heterocycles. The lowest BCUT2D eigenvalue weighted by Gasteiger charge is -2.33. The number of aliphatic imine (C=N–C) groups is 1. The average Bonchev–Trinajstić information content (AvgIpc) is 2.80. The Kier molecular flexibility index (Phi) is 11.2. The minimum Gasteiger partial charge on any atom is -0.383 e. The van der Waals surface area contributed by atoms with E-state index in [-0.39, 0.29) is 30.5 Å². The van der Waals surface area contributed by atoms with Crippen LogP contribution in [0.15, 0.2) is 78.3 Å². The van der Waals surface area contributed by atoms with Gasteiger partial charge in [-0.2, -0.15) is 0 Å². The molecule has 3 N–H and O–H groups in total. The molecule has 1 heterocycles. The van der Waals surface area contributed by atoms with Gasteiger partial charge in [0.25, 0.3) is 0 Å². The average molecular weight is 549 g/mol. The van der Waals surface area contributed by atoms with E-state index in [9.17, 15) is 5.11 Å². The Morgan fingerprint density at radius 2 is 1.75 bits per heavy atom. The van der Waals surface area contributed by atoms with E-state index in [4.69, 9.17) is 4.99 Å². The number of aliphatic hydroxyl groups is 1. The molecule has 0 radical (unpaired) electrons. The fraction of sp³-hybridized carbons (Fsp3) is 0.423. The fourth-order valence-electron chi connectivity index (χ4n) is 4.10. The monoisotopic (exact) mass is 548 g/mol. The van der Waals surface area contributed by atoms with Gasteiger partial charge in [-0.1, -0.05) is 66.7 Å². The topological polar surface area (TPSA) is 59.9 Å². The number of likely N-dealkylation sites (tertiary alicyclic amines) is 1. The van der Waals surface area contributed by atoms with Crippen molar-refractivity contribution in [3.05, 3.63) is 84.4 Å². The van der Waals surface area contributed by atoms with Gasteiger partial charge in [-0.3, -0.25) is 4.90 Å². The molecule has 1 saturated heterocycles. The molecule has 3 rings (SSSR count). The number of benzene rings is 2. The summed E-state index contributed by atoms with van der Waals surface area (Å²) in [6.45, 7) is 10.0. The van der Waals surface area contributed by atoms with Crippen molar-refractivity contribution in [2.24, 2.45) is 4.99 Å². The van der Waals surface area contributed by atoms with Crippen LogP contribution in [0, 0.1) is 0 Å². The van der Waals surface area contributed by atoms with E-state index in [0.29, 0.717) is 12.5 Å². The highest BCUT2D eigenvalue weighted by molar-refractivity contribution is 14.0. The lowest BCUT2D eigenvalue weighted by Crippen LogP contribution is -2.49. The zero-order valence-corrected chi connectivity index (χ0v) is 21.4. The first-order valence-electron chi connectivity index (χ1n) is 11.3. The van der Waals surface area contributed by atoms with Crippen molar-refractivity contribution in [3.63, 3.8) is 0 Å². The molecule has 0 amide bonds. The van der Waals surface area contributed by atoms with E-state index < -0.39 is 5.60 Å². The van der Waals surface area contributed by atoms with Gasteiger partial charge in [0.15, 0.2) is 5.96 Å². The molecule has 0 saturated carbocycles. The van der Waals surface area contributed by atoms with E-state index in [1.54, 1.807) is 0 Å². The summed E-state index contributed by atoms with van der Waals surface area (Å²) in [7, 11) is 0. The molecule has 5 nitrogen and oxygen atoms in total. The van der Waals surface area contributed by atoms with Crippen LogP contribution in [-0.2, 0) is 12.0 Å². The number of hydrogen-bond donors (Lipinski definition) is 3. The highest BCUT2D eigenvalue weighted by atomic mass is 127. The van der Waals surface area contributed by atoms with Gasteiger partial charge in [-0.25, -0.2) is 4.99 Å². The Labute approximate surface area is 210 Å². The van der Waals surface area contributed by atoms with E-state index >= 15 is 0 Å². The third-order valence-electron chi connectivity index (χ3n) is 5.81. The Balaban J connectivity index is 0.00000363. The number of guanidine groups is 1. The highest BCUT2D eigenvalue weighted by Crippen LogP contribution is 2.26. The summed E-state index contributed by atoms with van der Waals surface area (Å²) in [6, 6.07) is 20.4. The first kappa shape index (κ1) is 26.4. The summed E-state index contributed by atoms with van der Waals surface area (Å²) in [5.41, 5.74) is 0.908. The molecule has 1 fully saturated rings. The van der Waals surface area contributed by atoms with Gasteiger partial charge in [-0.15, -0.1) is 30.6 Å². The second kappa shape index (κ2) is 13.6. The lowest BCUT2D eigenvalue weighted by atomic mass is 9.87. The predicted molar refractivity (Wildman–Crippen MR) is 145 cm³/mol. The van der Waals surface area contributed by atoms with Crippen LogP contribution in [0.5, 0.6) is 0 Å². The molecule has 6 heteroatoms. The molecule has 174 valence electrons. The molecule has 1 aliphatic rings. The Hall–Kier alpha value is -1.90. The SMILES string of the molecule is C=CCN1CCC(NC(=NCC(O)(Cc2ccccc2)c2ccccc2)NCC)CC1.I. The van der Waals surface area contributed by atoms with Crippen molar-refractivity contribution in [1.29, 1.82) is 0 Å². The van der Waals surface area contributed by atoms with Crippen LogP contribution in [0.4, 0.5) is 0 Å². The molecular formula is C26H37IN4O. The van der Waals surface area contributed by atoms with E-state index in [0.717, 1.165) is 56.1 Å². The van der Waals surface area contributed by atoms with Crippen molar-refractivity contribution in [2.75, 3.05) is 32.7 Å². The molecule has 1 unspecified atom stereocenters. The maximum absolute atomic E-state index is 11.7. The minimum absolute atomic E-state index is 0. The highest BCUT2D eigenvalue weighted by Gasteiger charge is 2.30. The Morgan fingerprint density at radius 3 is 2.34 bits per heavy atom. The van der Waals surface area contributed by atoms with Crippen LogP contribution in [-0.4, -0.2) is 54.7 Å². The van der Waals surface area contributed by atoms with Crippen molar-refractivity contribution in [3.8, 4) is 0 Å². The summed E-state index contributed by atoms with van der Waals surface area (Å²) < 4.78 is 0. The van der Waals surface area contributed by atoms with Crippen LogP contribution < -0.4 is 10.6 Å². The summed E-state index contributed by atoms with van der Waals surface area (Å²) >= 11 is 0. The summed E-state index contributed by atoms with van der Waals surface area (Å²) in [5, 5.41) is 18.6. The molecule has 1 atom stereocenters. The molecule has 0 spiro atoms. The smallest absolute Gasteiger partial charge is 0.191 e. The van der Waals surface area contributed by atoms with Crippen molar-refractivity contribution < 1.29 is 5.11 Å². The maximum atomic E-state index is 11.7. The van der Waals surface area contributed by atoms with Gasteiger partial charge in [0.2, 0.25) is 0 Å². The quantitative estimate of drug-likeness (QED) is 0.192.